The van der Waals surface area contributed by atoms with E-state index in [0.29, 0.717) is 12.2 Å². The van der Waals surface area contributed by atoms with E-state index in [1.165, 1.54) is 12.8 Å². The van der Waals surface area contributed by atoms with E-state index in [0.717, 1.165) is 38.0 Å². The second-order valence-electron chi connectivity index (χ2n) is 7.05. The van der Waals surface area contributed by atoms with Gasteiger partial charge in [-0.1, -0.05) is 17.7 Å². The number of anilines is 1. The van der Waals surface area contributed by atoms with Gasteiger partial charge in [0, 0.05) is 12.2 Å². The summed E-state index contributed by atoms with van der Waals surface area (Å²) in [4.78, 5) is 26.1. The average Bonchev–Trinajstić information content (AvgIpc) is 3.09. The van der Waals surface area contributed by atoms with Crippen LogP contribution in [0.4, 0.5) is 5.69 Å². The van der Waals surface area contributed by atoms with Crippen molar-refractivity contribution in [3.05, 3.63) is 29.8 Å². The molecule has 0 radical (unpaired) electrons. The van der Waals surface area contributed by atoms with E-state index < -0.39 is 33.2 Å². The number of aryl methyl sites for hydroxylation is 1. The minimum absolute atomic E-state index is 0.456. The number of carbonyl (C=O) groups excluding carboxylic acids is 2. The smallest absolute Gasteiger partial charge is 0.239 e. The van der Waals surface area contributed by atoms with Crippen molar-refractivity contribution in [1.82, 2.24) is 10.2 Å². The number of amides is 2. The molecule has 1 saturated heterocycles. The first kappa shape index (κ1) is 21.4. The van der Waals surface area contributed by atoms with Crippen LogP contribution in [0, 0.1) is 6.92 Å². The van der Waals surface area contributed by atoms with Crippen LogP contribution in [-0.4, -0.2) is 62.8 Å². The second kappa shape index (κ2) is 10.4. The Morgan fingerprint density at radius 1 is 1.00 bits per heavy atom. The number of nitrogens with zero attached hydrogens (tertiary/aromatic N) is 1. The molecule has 1 aromatic carbocycles. The van der Waals surface area contributed by atoms with Crippen molar-refractivity contribution in [2.75, 3.05) is 43.0 Å². The number of hydrogen-bond acceptors (Lipinski definition) is 5. The van der Waals surface area contributed by atoms with E-state index in [-0.39, 0.29) is 0 Å². The summed E-state index contributed by atoms with van der Waals surface area (Å²) in [6.07, 6.45) is 4.31. The monoisotopic (exact) mass is 395 g/mol. The number of unbranched alkanes of at least 4 members (excludes halogenated alkanes) is 1. The maximum Gasteiger partial charge on any atom is 0.239 e. The lowest BCUT2D eigenvalue weighted by molar-refractivity contribution is -0.118. The SMILES string of the molecule is Cc1ccc(NC(=O)CS(=O)(=O)CC(=O)NCCCCN2CCCC2)cc1. The fourth-order valence-corrected chi connectivity index (χ4v) is 4.11. The molecule has 1 heterocycles. The minimum atomic E-state index is -3.80. The molecule has 0 spiro atoms. The Morgan fingerprint density at radius 3 is 2.30 bits per heavy atom. The summed E-state index contributed by atoms with van der Waals surface area (Å²) < 4.78 is 24.1. The molecule has 2 N–H and O–H groups in total. The highest BCUT2D eigenvalue weighted by Gasteiger charge is 2.20. The zero-order valence-electron chi connectivity index (χ0n) is 15.9. The summed E-state index contributed by atoms with van der Waals surface area (Å²) in [5.41, 5.74) is 1.57. The maximum absolute atomic E-state index is 12.0. The normalized spacial score (nSPS) is 14.9. The molecule has 0 aromatic heterocycles. The molecule has 0 unspecified atom stereocenters. The van der Waals surface area contributed by atoms with Crippen LogP contribution in [0.15, 0.2) is 24.3 Å². The molecule has 0 atom stereocenters. The number of likely N-dealkylation sites (tertiary alicyclic amines) is 1. The van der Waals surface area contributed by atoms with Gasteiger partial charge < -0.3 is 15.5 Å². The van der Waals surface area contributed by atoms with E-state index in [9.17, 15) is 18.0 Å². The molecular weight excluding hydrogens is 366 g/mol. The molecule has 150 valence electrons. The lowest BCUT2D eigenvalue weighted by Gasteiger charge is -2.14. The third kappa shape index (κ3) is 8.53. The first-order valence-electron chi connectivity index (χ1n) is 9.40. The van der Waals surface area contributed by atoms with Crippen molar-refractivity contribution in [3.63, 3.8) is 0 Å². The molecule has 1 aromatic rings. The predicted octanol–water partition coefficient (Wildman–Crippen LogP) is 1.34. The fourth-order valence-electron chi connectivity index (χ4n) is 3.03. The Balaban J connectivity index is 1.64. The number of hydrogen-bond donors (Lipinski definition) is 2. The Morgan fingerprint density at radius 2 is 1.63 bits per heavy atom. The standard InChI is InChI=1S/C19H29N3O4S/c1-16-6-8-17(9-7-16)21-19(24)15-27(25,26)14-18(23)20-10-2-3-11-22-12-4-5-13-22/h6-9H,2-5,10-15H2,1H3,(H,20,23)(H,21,24). The van der Waals surface area contributed by atoms with Gasteiger partial charge in [-0.15, -0.1) is 0 Å². The average molecular weight is 396 g/mol. The van der Waals surface area contributed by atoms with Crippen LogP contribution in [-0.2, 0) is 19.4 Å². The molecule has 2 amide bonds. The van der Waals surface area contributed by atoms with Gasteiger partial charge >= 0.3 is 0 Å². The number of rotatable bonds is 10. The van der Waals surface area contributed by atoms with Crippen molar-refractivity contribution in [2.45, 2.75) is 32.6 Å². The summed E-state index contributed by atoms with van der Waals surface area (Å²) >= 11 is 0. The number of carbonyl (C=O) groups is 2. The van der Waals surface area contributed by atoms with Crippen LogP contribution in [0.5, 0.6) is 0 Å². The van der Waals surface area contributed by atoms with E-state index in [2.05, 4.69) is 15.5 Å². The molecule has 27 heavy (non-hydrogen) atoms. The summed E-state index contributed by atoms with van der Waals surface area (Å²) in [7, 11) is -3.80. The van der Waals surface area contributed by atoms with Gasteiger partial charge in [0.25, 0.3) is 0 Å². The van der Waals surface area contributed by atoms with Gasteiger partial charge in [-0.25, -0.2) is 8.42 Å². The summed E-state index contributed by atoms with van der Waals surface area (Å²) in [5, 5.41) is 5.16. The highest BCUT2D eigenvalue weighted by molar-refractivity contribution is 7.92. The zero-order chi connectivity index (χ0) is 19.7. The molecule has 0 saturated carbocycles. The topological polar surface area (TPSA) is 95.6 Å². The first-order valence-corrected chi connectivity index (χ1v) is 11.2. The third-order valence-electron chi connectivity index (χ3n) is 4.46. The molecular formula is C19H29N3O4S. The molecule has 7 nitrogen and oxygen atoms in total. The highest BCUT2D eigenvalue weighted by Crippen LogP contribution is 2.09. The molecule has 0 bridgehead atoms. The molecule has 2 rings (SSSR count). The van der Waals surface area contributed by atoms with E-state index in [4.69, 9.17) is 0 Å². The number of benzene rings is 1. The second-order valence-corrected chi connectivity index (χ2v) is 9.12. The Kier molecular flexibility index (Phi) is 8.24. The van der Waals surface area contributed by atoms with Gasteiger partial charge in [-0.3, -0.25) is 9.59 Å². The van der Waals surface area contributed by atoms with Gasteiger partial charge in [0.05, 0.1) is 0 Å². The lowest BCUT2D eigenvalue weighted by Crippen LogP contribution is -2.34. The van der Waals surface area contributed by atoms with E-state index in [1.54, 1.807) is 12.1 Å². The molecule has 1 aliphatic heterocycles. The fraction of sp³-hybridized carbons (Fsp3) is 0.579. The Hall–Kier alpha value is -1.93. The minimum Gasteiger partial charge on any atom is -0.355 e. The van der Waals surface area contributed by atoms with E-state index >= 15 is 0 Å². The van der Waals surface area contributed by atoms with Crippen molar-refractivity contribution < 1.29 is 18.0 Å². The van der Waals surface area contributed by atoms with Gasteiger partial charge in [0.2, 0.25) is 11.8 Å². The Labute approximate surface area is 161 Å². The first-order chi connectivity index (χ1) is 12.8. The van der Waals surface area contributed by atoms with Crippen LogP contribution in [0.1, 0.15) is 31.2 Å². The highest BCUT2D eigenvalue weighted by atomic mass is 32.2. The van der Waals surface area contributed by atoms with Gasteiger partial charge in [-0.05, 0) is 64.4 Å². The molecule has 1 fully saturated rings. The largest absolute Gasteiger partial charge is 0.355 e. The van der Waals surface area contributed by atoms with Crippen LogP contribution < -0.4 is 10.6 Å². The molecule has 1 aliphatic rings. The third-order valence-corrected chi connectivity index (χ3v) is 5.86. The van der Waals surface area contributed by atoms with Gasteiger partial charge in [0.15, 0.2) is 9.84 Å². The zero-order valence-corrected chi connectivity index (χ0v) is 16.7. The molecule has 8 heteroatoms. The summed E-state index contributed by atoms with van der Waals surface area (Å²) in [5.74, 6) is -2.57. The van der Waals surface area contributed by atoms with Crippen molar-refractivity contribution in [3.8, 4) is 0 Å². The van der Waals surface area contributed by atoms with Crippen LogP contribution in [0.25, 0.3) is 0 Å². The Bertz CT molecular complexity index is 726. The van der Waals surface area contributed by atoms with Gasteiger partial charge in [0.1, 0.15) is 11.5 Å². The molecule has 0 aliphatic carbocycles. The van der Waals surface area contributed by atoms with Crippen LogP contribution >= 0.6 is 0 Å². The quantitative estimate of drug-likeness (QED) is 0.583. The van der Waals surface area contributed by atoms with Crippen molar-refractivity contribution >= 4 is 27.3 Å². The van der Waals surface area contributed by atoms with Crippen molar-refractivity contribution in [2.24, 2.45) is 0 Å². The van der Waals surface area contributed by atoms with E-state index in [1.807, 2.05) is 19.1 Å². The van der Waals surface area contributed by atoms with Crippen molar-refractivity contribution in [1.29, 1.82) is 0 Å². The van der Waals surface area contributed by atoms with Crippen LogP contribution in [0.3, 0.4) is 0 Å². The van der Waals surface area contributed by atoms with Crippen LogP contribution in [0.2, 0.25) is 0 Å². The maximum atomic E-state index is 12.0. The number of nitrogens with one attached hydrogen (secondary N) is 2. The van der Waals surface area contributed by atoms with Gasteiger partial charge in [-0.2, -0.15) is 0 Å². The predicted molar refractivity (Wildman–Crippen MR) is 106 cm³/mol. The summed E-state index contributed by atoms with van der Waals surface area (Å²) in [6.45, 7) is 5.69. The lowest BCUT2D eigenvalue weighted by atomic mass is 10.2. The number of sulfone groups is 1. The summed E-state index contributed by atoms with van der Waals surface area (Å²) in [6, 6.07) is 7.05.